The molecule has 1 unspecified atom stereocenters. The van der Waals surface area contributed by atoms with Crippen LogP contribution in [0.3, 0.4) is 0 Å². The highest BCUT2D eigenvalue weighted by molar-refractivity contribution is 5.81. The van der Waals surface area contributed by atoms with Crippen LogP contribution in [-0.4, -0.2) is 10.2 Å². The van der Waals surface area contributed by atoms with Gasteiger partial charge in [-0.05, 0) is 12.5 Å². The van der Waals surface area contributed by atoms with Crippen molar-refractivity contribution in [3.8, 4) is 0 Å². The lowest BCUT2D eigenvalue weighted by Crippen LogP contribution is -2.05. The zero-order chi connectivity index (χ0) is 8.55. The summed E-state index contributed by atoms with van der Waals surface area (Å²) < 4.78 is 0. The van der Waals surface area contributed by atoms with Gasteiger partial charge in [0.1, 0.15) is 0 Å². The van der Waals surface area contributed by atoms with E-state index < -0.39 is 0 Å². The van der Waals surface area contributed by atoms with Crippen LogP contribution in [0.2, 0.25) is 0 Å². The van der Waals surface area contributed by atoms with E-state index in [1.807, 2.05) is 25.1 Å². The predicted octanol–water partition coefficient (Wildman–Crippen LogP) is 1.58. The van der Waals surface area contributed by atoms with Crippen molar-refractivity contribution in [3.05, 3.63) is 30.0 Å². The van der Waals surface area contributed by atoms with Crippen molar-refractivity contribution in [2.24, 2.45) is 5.73 Å². The second-order valence-electron chi connectivity index (χ2n) is 2.97. The van der Waals surface area contributed by atoms with Crippen molar-refractivity contribution in [1.29, 1.82) is 0 Å². The van der Waals surface area contributed by atoms with E-state index in [2.05, 4.69) is 10.2 Å². The Morgan fingerprint density at radius 3 is 3.08 bits per heavy atom. The van der Waals surface area contributed by atoms with Crippen LogP contribution in [0.15, 0.2) is 24.4 Å². The van der Waals surface area contributed by atoms with Crippen LogP contribution in [-0.2, 0) is 0 Å². The number of nitrogens with one attached hydrogen (secondary N) is 1. The maximum absolute atomic E-state index is 5.79. The van der Waals surface area contributed by atoms with Crippen molar-refractivity contribution in [1.82, 2.24) is 10.2 Å². The van der Waals surface area contributed by atoms with Gasteiger partial charge < -0.3 is 5.73 Å². The molecule has 0 saturated heterocycles. The molecule has 0 saturated carbocycles. The van der Waals surface area contributed by atoms with E-state index in [-0.39, 0.29) is 6.04 Å². The Hall–Kier alpha value is -1.35. The molecule has 0 bridgehead atoms. The minimum atomic E-state index is 0.0501. The number of hydrogen-bond donors (Lipinski definition) is 2. The summed E-state index contributed by atoms with van der Waals surface area (Å²) >= 11 is 0. The third-order valence-corrected chi connectivity index (χ3v) is 2.00. The van der Waals surface area contributed by atoms with Crippen LogP contribution >= 0.6 is 0 Å². The van der Waals surface area contributed by atoms with Gasteiger partial charge in [0.05, 0.1) is 11.7 Å². The minimum Gasteiger partial charge on any atom is -0.324 e. The quantitative estimate of drug-likeness (QED) is 0.667. The van der Waals surface area contributed by atoms with Crippen LogP contribution in [0.4, 0.5) is 0 Å². The molecule has 12 heavy (non-hydrogen) atoms. The Kier molecular flexibility index (Phi) is 1.59. The largest absolute Gasteiger partial charge is 0.324 e. The molecular weight excluding hydrogens is 150 g/mol. The summed E-state index contributed by atoms with van der Waals surface area (Å²) in [5, 5.41) is 8.02. The summed E-state index contributed by atoms with van der Waals surface area (Å²) in [5.41, 5.74) is 7.96. The third kappa shape index (κ3) is 0.987. The second-order valence-corrected chi connectivity index (χ2v) is 2.97. The molecule has 1 atom stereocenters. The van der Waals surface area contributed by atoms with Gasteiger partial charge in [0.25, 0.3) is 0 Å². The number of hydrogen-bond acceptors (Lipinski definition) is 2. The first-order valence-electron chi connectivity index (χ1n) is 3.96. The highest BCUT2D eigenvalue weighted by Crippen LogP contribution is 2.19. The number of nitrogens with two attached hydrogens (primary N) is 1. The molecule has 2 aromatic rings. The number of para-hydroxylation sites is 1. The zero-order valence-electron chi connectivity index (χ0n) is 6.91. The summed E-state index contributed by atoms with van der Waals surface area (Å²) in [6.07, 6.45) is 1.81. The Morgan fingerprint density at radius 2 is 2.33 bits per heavy atom. The summed E-state index contributed by atoms with van der Waals surface area (Å²) in [6, 6.07) is 6.08. The first-order valence-corrected chi connectivity index (χ1v) is 3.96. The molecule has 1 aromatic heterocycles. The highest BCUT2D eigenvalue weighted by atomic mass is 15.1. The van der Waals surface area contributed by atoms with Crippen molar-refractivity contribution in [2.75, 3.05) is 0 Å². The van der Waals surface area contributed by atoms with E-state index in [0.29, 0.717) is 0 Å². The molecule has 2 rings (SSSR count). The molecule has 1 heterocycles. The molecule has 0 aliphatic rings. The van der Waals surface area contributed by atoms with Crippen LogP contribution in [0.25, 0.3) is 10.9 Å². The lowest BCUT2D eigenvalue weighted by Gasteiger charge is -2.05. The van der Waals surface area contributed by atoms with Crippen LogP contribution < -0.4 is 5.73 Å². The van der Waals surface area contributed by atoms with Crippen molar-refractivity contribution in [2.45, 2.75) is 13.0 Å². The number of H-pyrrole nitrogens is 1. The molecule has 3 nitrogen and oxygen atoms in total. The smallest absolute Gasteiger partial charge is 0.0697 e. The molecule has 0 spiro atoms. The number of aromatic nitrogens is 2. The van der Waals surface area contributed by atoms with Gasteiger partial charge in [-0.25, -0.2) is 0 Å². The molecular formula is C9H11N3. The SMILES string of the molecule is CC(N)c1cccc2cn[nH]c12. The summed E-state index contributed by atoms with van der Waals surface area (Å²) in [4.78, 5) is 0. The minimum absolute atomic E-state index is 0.0501. The highest BCUT2D eigenvalue weighted by Gasteiger charge is 2.05. The lowest BCUT2D eigenvalue weighted by molar-refractivity contribution is 0.823. The summed E-state index contributed by atoms with van der Waals surface area (Å²) in [6.45, 7) is 1.97. The molecule has 0 aliphatic heterocycles. The molecule has 62 valence electrons. The van der Waals surface area contributed by atoms with E-state index in [1.54, 1.807) is 6.20 Å². The molecule has 0 amide bonds. The number of fused-ring (bicyclic) bond motifs is 1. The first kappa shape index (κ1) is 7.31. The number of aromatic amines is 1. The van der Waals surface area contributed by atoms with Gasteiger partial charge in [-0.2, -0.15) is 5.10 Å². The van der Waals surface area contributed by atoms with Gasteiger partial charge in [-0.1, -0.05) is 18.2 Å². The molecule has 0 fully saturated rings. The van der Waals surface area contributed by atoms with E-state index in [4.69, 9.17) is 5.73 Å². The Balaban J connectivity index is 2.73. The molecule has 1 aromatic carbocycles. The topological polar surface area (TPSA) is 54.7 Å². The zero-order valence-corrected chi connectivity index (χ0v) is 6.91. The lowest BCUT2D eigenvalue weighted by atomic mass is 10.1. The van der Waals surface area contributed by atoms with E-state index >= 15 is 0 Å². The first-order chi connectivity index (χ1) is 5.79. The Labute approximate surface area is 70.6 Å². The van der Waals surface area contributed by atoms with Gasteiger partial charge in [0, 0.05) is 11.4 Å². The van der Waals surface area contributed by atoms with E-state index in [1.165, 1.54) is 0 Å². The monoisotopic (exact) mass is 161 g/mol. The normalized spacial score (nSPS) is 13.5. The van der Waals surface area contributed by atoms with Gasteiger partial charge in [0.2, 0.25) is 0 Å². The summed E-state index contributed by atoms with van der Waals surface area (Å²) in [7, 11) is 0. The molecule has 3 heteroatoms. The van der Waals surface area contributed by atoms with E-state index in [9.17, 15) is 0 Å². The predicted molar refractivity (Wildman–Crippen MR) is 48.7 cm³/mol. The fourth-order valence-corrected chi connectivity index (χ4v) is 1.37. The van der Waals surface area contributed by atoms with Gasteiger partial charge in [-0.3, -0.25) is 5.10 Å². The standard InChI is InChI=1S/C9H11N3/c1-6(10)8-4-2-3-7-5-11-12-9(7)8/h2-6H,10H2,1H3,(H,11,12). The maximum atomic E-state index is 5.79. The molecule has 0 aliphatic carbocycles. The van der Waals surface area contributed by atoms with Crippen molar-refractivity contribution < 1.29 is 0 Å². The summed E-state index contributed by atoms with van der Waals surface area (Å²) in [5.74, 6) is 0. The van der Waals surface area contributed by atoms with Crippen LogP contribution in [0.1, 0.15) is 18.5 Å². The van der Waals surface area contributed by atoms with Gasteiger partial charge in [0.15, 0.2) is 0 Å². The second kappa shape index (κ2) is 2.60. The molecule has 3 N–H and O–H groups in total. The fraction of sp³-hybridized carbons (Fsp3) is 0.222. The van der Waals surface area contributed by atoms with Crippen molar-refractivity contribution in [3.63, 3.8) is 0 Å². The fourth-order valence-electron chi connectivity index (χ4n) is 1.37. The Bertz CT molecular complexity index is 389. The van der Waals surface area contributed by atoms with Gasteiger partial charge in [-0.15, -0.1) is 0 Å². The maximum Gasteiger partial charge on any atom is 0.0697 e. The third-order valence-electron chi connectivity index (χ3n) is 2.00. The number of rotatable bonds is 1. The molecule has 0 radical (unpaired) electrons. The average molecular weight is 161 g/mol. The van der Waals surface area contributed by atoms with Crippen molar-refractivity contribution >= 4 is 10.9 Å². The van der Waals surface area contributed by atoms with Crippen LogP contribution in [0, 0.1) is 0 Å². The van der Waals surface area contributed by atoms with Gasteiger partial charge >= 0.3 is 0 Å². The van der Waals surface area contributed by atoms with Crippen LogP contribution in [0.5, 0.6) is 0 Å². The number of benzene rings is 1. The van der Waals surface area contributed by atoms with E-state index in [0.717, 1.165) is 16.5 Å². The average Bonchev–Trinajstić information content (AvgIpc) is 2.49. The Morgan fingerprint density at radius 1 is 1.50 bits per heavy atom. The number of nitrogens with zero attached hydrogens (tertiary/aromatic N) is 1.